The zero-order valence-electron chi connectivity index (χ0n) is 5.51. The zero-order valence-corrected chi connectivity index (χ0v) is 5.51. The fourth-order valence-corrected chi connectivity index (χ4v) is 0.662. The molecule has 0 fully saturated rings. The molecule has 0 aliphatic carbocycles. The summed E-state index contributed by atoms with van der Waals surface area (Å²) in [5.74, 6) is -0.943. The Morgan fingerprint density at radius 2 is 2.50 bits per heavy atom. The molecular formula is C6H8N2O2. The largest absolute Gasteiger partial charge is 0.477 e. The molecule has 0 aliphatic heterocycles. The summed E-state index contributed by atoms with van der Waals surface area (Å²) in [6.07, 6.45) is 1.60. The number of aromatic carboxylic acids is 1. The molecule has 1 aromatic rings. The van der Waals surface area contributed by atoms with Crippen LogP contribution in [-0.4, -0.2) is 23.1 Å². The Bertz CT molecular complexity index is 242. The molecule has 0 unspecified atom stereocenters. The molecular weight excluding hydrogens is 132 g/mol. The summed E-state index contributed by atoms with van der Waals surface area (Å²) in [5, 5.41) is 11.2. The van der Waals surface area contributed by atoms with Crippen molar-refractivity contribution in [1.29, 1.82) is 0 Å². The number of anilines is 1. The van der Waals surface area contributed by atoms with Gasteiger partial charge >= 0.3 is 5.97 Å². The van der Waals surface area contributed by atoms with Gasteiger partial charge in [-0.25, -0.2) is 4.79 Å². The number of nitrogens with one attached hydrogen (secondary N) is 2. The van der Waals surface area contributed by atoms with Crippen LogP contribution in [0.5, 0.6) is 0 Å². The van der Waals surface area contributed by atoms with E-state index in [1.54, 1.807) is 13.2 Å². The van der Waals surface area contributed by atoms with Gasteiger partial charge in [0, 0.05) is 13.2 Å². The van der Waals surface area contributed by atoms with Crippen LogP contribution in [0, 0.1) is 0 Å². The van der Waals surface area contributed by atoms with Gasteiger partial charge in [-0.3, -0.25) is 0 Å². The van der Waals surface area contributed by atoms with Gasteiger partial charge in [0.2, 0.25) is 0 Å². The zero-order chi connectivity index (χ0) is 7.56. The first-order valence-corrected chi connectivity index (χ1v) is 2.83. The van der Waals surface area contributed by atoms with E-state index in [1.807, 2.05) is 0 Å². The Morgan fingerprint density at radius 1 is 1.80 bits per heavy atom. The van der Waals surface area contributed by atoms with E-state index >= 15 is 0 Å². The van der Waals surface area contributed by atoms with Crippen molar-refractivity contribution in [2.24, 2.45) is 0 Å². The lowest BCUT2D eigenvalue weighted by Gasteiger charge is -1.87. The van der Waals surface area contributed by atoms with Crippen molar-refractivity contribution in [3.8, 4) is 0 Å². The Labute approximate surface area is 57.9 Å². The van der Waals surface area contributed by atoms with E-state index in [1.165, 1.54) is 6.07 Å². The van der Waals surface area contributed by atoms with Crippen LogP contribution in [0.2, 0.25) is 0 Å². The van der Waals surface area contributed by atoms with Crippen molar-refractivity contribution in [3.05, 3.63) is 18.0 Å². The quantitative estimate of drug-likeness (QED) is 0.568. The Balaban J connectivity index is 2.88. The number of carboxylic acid groups (broad SMARTS) is 1. The van der Waals surface area contributed by atoms with Gasteiger partial charge in [0.25, 0.3) is 0 Å². The minimum absolute atomic E-state index is 0.198. The first-order chi connectivity index (χ1) is 4.74. The maximum absolute atomic E-state index is 10.3. The highest BCUT2D eigenvalue weighted by atomic mass is 16.4. The summed E-state index contributed by atoms with van der Waals surface area (Å²) in [6, 6.07) is 1.53. The van der Waals surface area contributed by atoms with Crippen molar-refractivity contribution in [1.82, 2.24) is 4.98 Å². The van der Waals surface area contributed by atoms with Crippen molar-refractivity contribution < 1.29 is 9.90 Å². The van der Waals surface area contributed by atoms with Gasteiger partial charge in [-0.05, 0) is 6.07 Å². The van der Waals surface area contributed by atoms with E-state index in [0.29, 0.717) is 0 Å². The molecule has 1 aromatic heterocycles. The molecule has 0 saturated heterocycles. The Hall–Kier alpha value is -1.45. The molecule has 0 atom stereocenters. The average Bonchev–Trinajstić information content (AvgIpc) is 2.34. The SMILES string of the molecule is CNc1c[nH]c(C(=O)O)c1. The lowest BCUT2D eigenvalue weighted by molar-refractivity contribution is 0.0691. The van der Waals surface area contributed by atoms with Gasteiger partial charge in [-0.15, -0.1) is 0 Å². The summed E-state index contributed by atoms with van der Waals surface area (Å²) in [7, 11) is 1.73. The first kappa shape index (κ1) is 6.67. The number of hydrogen-bond acceptors (Lipinski definition) is 2. The summed E-state index contributed by atoms with van der Waals surface area (Å²) >= 11 is 0. The maximum atomic E-state index is 10.3. The standard InChI is InChI=1S/C6H8N2O2/c1-7-4-2-5(6(9)10)8-3-4/h2-3,7-8H,1H3,(H,9,10). The number of rotatable bonds is 2. The molecule has 0 amide bonds. The van der Waals surface area contributed by atoms with Gasteiger partial charge in [0.15, 0.2) is 0 Å². The van der Waals surface area contributed by atoms with Gasteiger partial charge in [0.05, 0.1) is 5.69 Å². The van der Waals surface area contributed by atoms with Crippen LogP contribution >= 0.6 is 0 Å². The minimum Gasteiger partial charge on any atom is -0.477 e. The van der Waals surface area contributed by atoms with Crippen LogP contribution in [0.3, 0.4) is 0 Å². The molecule has 54 valence electrons. The second-order valence-corrected chi connectivity index (χ2v) is 1.86. The molecule has 0 spiro atoms. The summed E-state index contributed by atoms with van der Waals surface area (Å²) in [4.78, 5) is 12.9. The van der Waals surface area contributed by atoms with Crippen molar-refractivity contribution in [2.75, 3.05) is 12.4 Å². The first-order valence-electron chi connectivity index (χ1n) is 2.83. The van der Waals surface area contributed by atoms with E-state index < -0.39 is 5.97 Å². The lowest BCUT2D eigenvalue weighted by Crippen LogP contribution is -1.94. The topological polar surface area (TPSA) is 65.1 Å². The number of aromatic amines is 1. The predicted molar refractivity (Wildman–Crippen MR) is 37.3 cm³/mol. The second-order valence-electron chi connectivity index (χ2n) is 1.86. The van der Waals surface area contributed by atoms with Crippen LogP contribution in [0.1, 0.15) is 10.5 Å². The molecule has 0 aromatic carbocycles. The van der Waals surface area contributed by atoms with Crippen molar-refractivity contribution in [3.63, 3.8) is 0 Å². The average molecular weight is 140 g/mol. The fourth-order valence-electron chi connectivity index (χ4n) is 0.662. The third-order valence-electron chi connectivity index (χ3n) is 1.20. The lowest BCUT2D eigenvalue weighted by atomic mass is 10.4. The van der Waals surface area contributed by atoms with Gasteiger partial charge in [-0.2, -0.15) is 0 Å². The third-order valence-corrected chi connectivity index (χ3v) is 1.20. The second kappa shape index (κ2) is 2.43. The molecule has 0 radical (unpaired) electrons. The fraction of sp³-hybridized carbons (Fsp3) is 0.167. The van der Waals surface area contributed by atoms with Gasteiger partial charge in [-0.1, -0.05) is 0 Å². The molecule has 10 heavy (non-hydrogen) atoms. The molecule has 3 N–H and O–H groups in total. The highest BCUT2D eigenvalue weighted by Gasteiger charge is 2.03. The molecule has 0 aliphatic rings. The molecule has 4 nitrogen and oxygen atoms in total. The van der Waals surface area contributed by atoms with Gasteiger partial charge in [0.1, 0.15) is 5.69 Å². The van der Waals surface area contributed by atoms with Crippen LogP contribution in [0.15, 0.2) is 12.3 Å². The predicted octanol–water partition coefficient (Wildman–Crippen LogP) is 0.755. The van der Waals surface area contributed by atoms with Crippen LogP contribution in [-0.2, 0) is 0 Å². The summed E-state index contributed by atoms with van der Waals surface area (Å²) in [6.45, 7) is 0. The van der Waals surface area contributed by atoms with E-state index in [4.69, 9.17) is 5.11 Å². The van der Waals surface area contributed by atoms with Crippen LogP contribution in [0.25, 0.3) is 0 Å². The van der Waals surface area contributed by atoms with E-state index in [2.05, 4.69) is 10.3 Å². The molecule has 0 bridgehead atoms. The number of carbonyl (C=O) groups is 1. The normalized spacial score (nSPS) is 9.30. The number of H-pyrrole nitrogens is 1. The van der Waals surface area contributed by atoms with Gasteiger partial charge < -0.3 is 15.4 Å². The highest BCUT2D eigenvalue weighted by molar-refractivity contribution is 5.86. The van der Waals surface area contributed by atoms with E-state index in [0.717, 1.165) is 5.69 Å². The molecule has 4 heteroatoms. The van der Waals surface area contributed by atoms with E-state index in [9.17, 15) is 4.79 Å². The summed E-state index contributed by atoms with van der Waals surface area (Å²) < 4.78 is 0. The number of hydrogen-bond donors (Lipinski definition) is 3. The van der Waals surface area contributed by atoms with E-state index in [-0.39, 0.29) is 5.69 Å². The monoisotopic (exact) mass is 140 g/mol. The Kier molecular flexibility index (Phi) is 1.62. The molecule has 0 saturated carbocycles. The minimum atomic E-state index is -0.943. The van der Waals surface area contributed by atoms with Crippen molar-refractivity contribution >= 4 is 11.7 Å². The van der Waals surface area contributed by atoms with Crippen LogP contribution in [0.4, 0.5) is 5.69 Å². The smallest absolute Gasteiger partial charge is 0.352 e. The van der Waals surface area contributed by atoms with Crippen LogP contribution < -0.4 is 5.32 Å². The maximum Gasteiger partial charge on any atom is 0.352 e. The third kappa shape index (κ3) is 1.10. The van der Waals surface area contributed by atoms with Crippen molar-refractivity contribution in [2.45, 2.75) is 0 Å². The number of aromatic nitrogens is 1. The number of carboxylic acids is 1. The highest BCUT2D eigenvalue weighted by Crippen LogP contribution is 2.07. The Morgan fingerprint density at radius 3 is 2.80 bits per heavy atom. The molecule has 1 heterocycles. The molecule has 1 rings (SSSR count). The summed E-state index contributed by atoms with van der Waals surface area (Å²) in [5.41, 5.74) is 0.974.